The standard InChI is InChI=1S/C13H11F2NO4/c1-6-2-11(17)16(12(18)3-6)10-4-7(13(19)20)8(14)5-9(10)15/h4-6H,2-3H2,1H3,(H,19,20). The highest BCUT2D eigenvalue weighted by molar-refractivity contribution is 6.17. The zero-order chi connectivity index (χ0) is 15.0. The molecular formula is C13H11F2NO4. The lowest BCUT2D eigenvalue weighted by molar-refractivity contribution is -0.130. The maximum absolute atomic E-state index is 13.7. The first-order valence-corrected chi connectivity index (χ1v) is 5.89. The molecule has 1 fully saturated rings. The van der Waals surface area contributed by atoms with E-state index in [9.17, 15) is 23.2 Å². The lowest BCUT2D eigenvalue weighted by atomic mass is 9.97. The quantitative estimate of drug-likeness (QED) is 0.842. The monoisotopic (exact) mass is 283 g/mol. The number of nitrogens with zero attached hydrogens (tertiary/aromatic N) is 1. The molecule has 5 nitrogen and oxygen atoms in total. The summed E-state index contributed by atoms with van der Waals surface area (Å²) in [6, 6.07) is 1.02. The molecule has 0 bridgehead atoms. The number of piperidine rings is 1. The van der Waals surface area contributed by atoms with Gasteiger partial charge in [0.15, 0.2) is 0 Å². The van der Waals surface area contributed by atoms with E-state index in [1.807, 2.05) is 0 Å². The van der Waals surface area contributed by atoms with Gasteiger partial charge in [-0.25, -0.2) is 18.5 Å². The molecule has 1 aliphatic rings. The van der Waals surface area contributed by atoms with Crippen molar-refractivity contribution in [3.05, 3.63) is 29.3 Å². The van der Waals surface area contributed by atoms with Crippen molar-refractivity contribution in [3.8, 4) is 0 Å². The van der Waals surface area contributed by atoms with Crippen LogP contribution in [0.15, 0.2) is 12.1 Å². The van der Waals surface area contributed by atoms with Gasteiger partial charge in [-0.3, -0.25) is 9.59 Å². The fourth-order valence-electron chi connectivity index (χ4n) is 2.13. The fraction of sp³-hybridized carbons (Fsp3) is 0.308. The van der Waals surface area contributed by atoms with Crippen LogP contribution in [0, 0.1) is 17.6 Å². The minimum atomic E-state index is -1.60. The van der Waals surface area contributed by atoms with Crippen LogP contribution in [0.25, 0.3) is 0 Å². The Kier molecular flexibility index (Phi) is 3.52. The average molecular weight is 283 g/mol. The molecule has 20 heavy (non-hydrogen) atoms. The Balaban J connectivity index is 2.52. The molecule has 0 radical (unpaired) electrons. The van der Waals surface area contributed by atoms with Gasteiger partial charge in [0.1, 0.15) is 11.6 Å². The molecule has 2 rings (SSSR count). The lowest BCUT2D eigenvalue weighted by Gasteiger charge is -2.28. The molecule has 0 unspecified atom stereocenters. The smallest absolute Gasteiger partial charge is 0.338 e. The predicted octanol–water partition coefficient (Wildman–Crippen LogP) is 1.95. The molecule has 0 spiro atoms. The second-order valence-electron chi connectivity index (χ2n) is 4.72. The zero-order valence-corrected chi connectivity index (χ0v) is 10.5. The maximum atomic E-state index is 13.7. The van der Waals surface area contributed by atoms with Gasteiger partial charge in [0, 0.05) is 18.9 Å². The molecule has 0 saturated carbocycles. The molecule has 1 saturated heterocycles. The maximum Gasteiger partial charge on any atom is 0.338 e. The SMILES string of the molecule is CC1CC(=O)N(c2cc(C(=O)O)c(F)cc2F)C(=O)C1. The molecular weight excluding hydrogens is 272 g/mol. The Hall–Kier alpha value is -2.31. The highest BCUT2D eigenvalue weighted by Gasteiger charge is 2.34. The van der Waals surface area contributed by atoms with Crippen LogP contribution in [0.5, 0.6) is 0 Å². The summed E-state index contributed by atoms with van der Waals surface area (Å²) in [5.74, 6) is -5.43. The van der Waals surface area contributed by atoms with Gasteiger partial charge >= 0.3 is 5.97 Å². The predicted molar refractivity (Wildman–Crippen MR) is 64.2 cm³/mol. The topological polar surface area (TPSA) is 74.7 Å². The third-order valence-corrected chi connectivity index (χ3v) is 3.05. The molecule has 0 aliphatic carbocycles. The van der Waals surface area contributed by atoms with E-state index in [4.69, 9.17) is 5.11 Å². The normalized spacial score (nSPS) is 16.6. The van der Waals surface area contributed by atoms with Gasteiger partial charge < -0.3 is 5.11 Å². The average Bonchev–Trinajstić information content (AvgIpc) is 2.29. The van der Waals surface area contributed by atoms with E-state index in [2.05, 4.69) is 0 Å². The van der Waals surface area contributed by atoms with Crippen LogP contribution in [-0.2, 0) is 9.59 Å². The molecule has 0 atom stereocenters. The van der Waals surface area contributed by atoms with Crippen LogP contribution in [0.2, 0.25) is 0 Å². The van der Waals surface area contributed by atoms with Crippen LogP contribution in [0.4, 0.5) is 14.5 Å². The van der Waals surface area contributed by atoms with Gasteiger partial charge in [0.25, 0.3) is 0 Å². The van der Waals surface area contributed by atoms with Crippen molar-refractivity contribution in [1.29, 1.82) is 0 Å². The number of aromatic carboxylic acids is 1. The van der Waals surface area contributed by atoms with Crippen LogP contribution in [-0.4, -0.2) is 22.9 Å². The molecule has 1 heterocycles. The molecule has 2 amide bonds. The number of imide groups is 1. The molecule has 0 aromatic heterocycles. The zero-order valence-electron chi connectivity index (χ0n) is 10.5. The van der Waals surface area contributed by atoms with Crippen LogP contribution < -0.4 is 4.90 Å². The van der Waals surface area contributed by atoms with E-state index in [1.165, 1.54) is 0 Å². The van der Waals surface area contributed by atoms with E-state index < -0.39 is 40.7 Å². The second-order valence-corrected chi connectivity index (χ2v) is 4.72. The van der Waals surface area contributed by atoms with Crippen molar-refractivity contribution in [2.75, 3.05) is 4.90 Å². The molecule has 1 aliphatic heterocycles. The first-order chi connectivity index (χ1) is 9.31. The van der Waals surface area contributed by atoms with Gasteiger partial charge in [-0.2, -0.15) is 0 Å². The van der Waals surface area contributed by atoms with E-state index >= 15 is 0 Å². The summed E-state index contributed by atoms with van der Waals surface area (Å²) in [6.45, 7) is 1.71. The summed E-state index contributed by atoms with van der Waals surface area (Å²) in [4.78, 5) is 35.1. The molecule has 1 N–H and O–H groups in total. The Morgan fingerprint density at radius 2 is 1.75 bits per heavy atom. The Labute approximate surface area is 112 Å². The van der Waals surface area contributed by atoms with Crippen LogP contribution >= 0.6 is 0 Å². The van der Waals surface area contributed by atoms with E-state index in [0.717, 1.165) is 0 Å². The summed E-state index contributed by atoms with van der Waals surface area (Å²) in [7, 11) is 0. The van der Waals surface area contributed by atoms with Crippen LogP contribution in [0.1, 0.15) is 30.1 Å². The van der Waals surface area contributed by atoms with Gasteiger partial charge in [0.05, 0.1) is 11.3 Å². The Bertz CT molecular complexity index is 597. The molecule has 7 heteroatoms. The van der Waals surface area contributed by atoms with Crippen molar-refractivity contribution in [1.82, 2.24) is 0 Å². The number of carboxylic acids is 1. The Morgan fingerprint density at radius 1 is 1.20 bits per heavy atom. The van der Waals surface area contributed by atoms with E-state index in [-0.39, 0.29) is 18.8 Å². The van der Waals surface area contributed by atoms with Crippen molar-refractivity contribution in [3.63, 3.8) is 0 Å². The highest BCUT2D eigenvalue weighted by Crippen LogP contribution is 2.29. The van der Waals surface area contributed by atoms with Crippen molar-refractivity contribution in [2.45, 2.75) is 19.8 Å². The van der Waals surface area contributed by atoms with Gasteiger partial charge in [-0.1, -0.05) is 6.92 Å². The minimum absolute atomic E-state index is 0.0466. The van der Waals surface area contributed by atoms with E-state index in [1.54, 1.807) is 6.92 Å². The minimum Gasteiger partial charge on any atom is -0.478 e. The summed E-state index contributed by atoms with van der Waals surface area (Å²) in [6.07, 6.45) is 0.0932. The van der Waals surface area contributed by atoms with Gasteiger partial charge in [-0.15, -0.1) is 0 Å². The van der Waals surface area contributed by atoms with Crippen molar-refractivity contribution >= 4 is 23.5 Å². The van der Waals surface area contributed by atoms with Gasteiger partial charge in [0.2, 0.25) is 11.8 Å². The highest BCUT2D eigenvalue weighted by atomic mass is 19.1. The van der Waals surface area contributed by atoms with Crippen molar-refractivity contribution in [2.24, 2.45) is 5.92 Å². The number of carboxylic acid groups (broad SMARTS) is 1. The second kappa shape index (κ2) is 4.99. The first kappa shape index (κ1) is 14.1. The first-order valence-electron chi connectivity index (χ1n) is 5.89. The summed E-state index contributed by atoms with van der Waals surface area (Å²) in [5.41, 5.74) is -1.31. The number of amides is 2. The summed E-state index contributed by atoms with van der Waals surface area (Å²) >= 11 is 0. The largest absolute Gasteiger partial charge is 0.478 e. The third-order valence-electron chi connectivity index (χ3n) is 3.05. The lowest BCUT2D eigenvalue weighted by Crippen LogP contribution is -2.43. The summed E-state index contributed by atoms with van der Waals surface area (Å²) < 4.78 is 27.0. The number of benzene rings is 1. The van der Waals surface area contributed by atoms with Gasteiger partial charge in [-0.05, 0) is 12.0 Å². The number of hydrogen-bond acceptors (Lipinski definition) is 3. The number of hydrogen-bond donors (Lipinski definition) is 1. The number of anilines is 1. The number of carbonyl (C=O) groups is 3. The third kappa shape index (κ3) is 2.38. The number of rotatable bonds is 2. The number of carbonyl (C=O) groups excluding carboxylic acids is 2. The molecule has 106 valence electrons. The molecule has 1 aromatic carbocycles. The molecule has 1 aromatic rings. The van der Waals surface area contributed by atoms with E-state index in [0.29, 0.717) is 17.0 Å². The Morgan fingerprint density at radius 3 is 2.25 bits per heavy atom. The van der Waals surface area contributed by atoms with Crippen LogP contribution in [0.3, 0.4) is 0 Å². The summed E-state index contributed by atoms with van der Waals surface area (Å²) in [5, 5.41) is 8.80. The van der Waals surface area contributed by atoms with Crippen molar-refractivity contribution < 1.29 is 28.3 Å². The number of halogens is 2. The fourth-order valence-corrected chi connectivity index (χ4v) is 2.13.